The Morgan fingerprint density at radius 1 is 1.00 bits per heavy atom. The molecule has 1 aromatic rings. The molecule has 5 heteroatoms. The summed E-state index contributed by atoms with van der Waals surface area (Å²) in [6, 6.07) is 0. The summed E-state index contributed by atoms with van der Waals surface area (Å²) in [5, 5.41) is 0. The molecule has 0 aliphatic heterocycles. The van der Waals surface area contributed by atoms with Crippen molar-refractivity contribution in [2.75, 3.05) is 0 Å². The normalized spacial score (nSPS) is 13.0. The number of hydrogen-bond acceptors (Lipinski definition) is 2. The Morgan fingerprint density at radius 3 is 1.71 bits per heavy atom. The van der Waals surface area contributed by atoms with E-state index >= 15 is 0 Å². The number of halogens is 3. The van der Waals surface area contributed by atoms with E-state index in [2.05, 4.69) is 98.5 Å². The van der Waals surface area contributed by atoms with E-state index in [4.69, 9.17) is 0 Å². The molecular weight excluding hydrogens is 517 g/mol. The van der Waals surface area contributed by atoms with Gasteiger partial charge in [0.2, 0.25) is 0 Å². The summed E-state index contributed by atoms with van der Waals surface area (Å²) in [5.41, 5.74) is 1.30. The van der Waals surface area contributed by atoms with Gasteiger partial charge in [-0.1, -0.05) is 20.8 Å². The molecule has 0 aliphatic carbocycles. The highest BCUT2D eigenvalue weighted by Crippen LogP contribution is 2.44. The van der Waals surface area contributed by atoms with Crippen LogP contribution in [0.3, 0.4) is 0 Å². The summed E-state index contributed by atoms with van der Waals surface area (Å²) < 4.78 is -0.0519. The number of aromatic nitrogens is 2. The summed E-state index contributed by atoms with van der Waals surface area (Å²) in [6.45, 7) is 6.49. The first-order valence-electron chi connectivity index (χ1n) is 4.11. The zero-order valence-corrected chi connectivity index (χ0v) is 14.7. The van der Waals surface area contributed by atoms with Gasteiger partial charge in [0.05, 0.1) is 0 Å². The third-order valence-corrected chi connectivity index (χ3v) is 3.22. The molecule has 1 heterocycles. The first-order valence-corrected chi connectivity index (χ1v) is 7.34. The molecule has 0 radical (unpaired) electrons. The predicted molar refractivity (Wildman–Crippen MR) is 84.5 cm³/mol. The van der Waals surface area contributed by atoms with Crippen molar-refractivity contribution in [1.82, 2.24) is 9.97 Å². The fourth-order valence-corrected chi connectivity index (χ4v) is 1.70. The molecular formula is C9H11I3N2. The van der Waals surface area contributed by atoms with Crippen molar-refractivity contribution in [3.8, 4) is 0 Å². The quantitative estimate of drug-likeness (QED) is 0.404. The Kier molecular flexibility index (Phi) is 4.42. The van der Waals surface area contributed by atoms with Gasteiger partial charge in [-0.25, -0.2) is 9.97 Å². The van der Waals surface area contributed by atoms with Crippen molar-refractivity contribution >= 4 is 67.8 Å². The molecule has 78 valence electrons. The molecule has 0 spiro atoms. The standard InChI is InChI=1S/C9H11I3N2/c1-8(2,3)6-4-13-7(14-5-6)9(10,11)12/h4-5H,1-3H3. The minimum atomic E-state index is -0.0519. The monoisotopic (exact) mass is 528 g/mol. The second-order valence-corrected chi connectivity index (χ2v) is 15.1. The fourth-order valence-electron chi connectivity index (χ4n) is 0.862. The Bertz CT molecular complexity index is 275. The van der Waals surface area contributed by atoms with Gasteiger partial charge in [-0.2, -0.15) is 0 Å². The van der Waals surface area contributed by atoms with Crippen LogP contribution in [0.1, 0.15) is 32.2 Å². The van der Waals surface area contributed by atoms with Gasteiger partial charge in [0.25, 0.3) is 0 Å². The van der Waals surface area contributed by atoms with Crippen molar-refractivity contribution < 1.29 is 0 Å². The Hall–Kier alpha value is 1.27. The average molecular weight is 528 g/mol. The van der Waals surface area contributed by atoms with Crippen LogP contribution in [0.25, 0.3) is 0 Å². The van der Waals surface area contributed by atoms with Gasteiger partial charge in [-0.05, 0) is 78.8 Å². The van der Waals surface area contributed by atoms with E-state index in [9.17, 15) is 0 Å². The molecule has 0 saturated heterocycles. The molecule has 0 atom stereocenters. The molecule has 0 aliphatic rings. The van der Waals surface area contributed by atoms with Crippen LogP contribution in [0.4, 0.5) is 0 Å². The molecule has 0 bridgehead atoms. The number of hydrogen-bond donors (Lipinski definition) is 0. The van der Waals surface area contributed by atoms with Crippen LogP contribution in [0.15, 0.2) is 12.4 Å². The zero-order valence-electron chi connectivity index (χ0n) is 8.18. The average Bonchev–Trinajstić information content (AvgIpc) is 2.01. The Morgan fingerprint density at radius 2 is 1.43 bits per heavy atom. The van der Waals surface area contributed by atoms with E-state index in [-0.39, 0.29) is 4.85 Å². The molecule has 0 aromatic carbocycles. The summed E-state index contributed by atoms with van der Waals surface area (Å²) in [4.78, 5) is 8.77. The lowest BCUT2D eigenvalue weighted by atomic mass is 9.89. The number of rotatable bonds is 1. The van der Waals surface area contributed by atoms with E-state index in [1.54, 1.807) is 0 Å². The highest BCUT2D eigenvalue weighted by atomic mass is 127. The van der Waals surface area contributed by atoms with E-state index in [1.807, 2.05) is 12.4 Å². The topological polar surface area (TPSA) is 25.8 Å². The van der Waals surface area contributed by atoms with Crippen LogP contribution in [-0.2, 0) is 4.85 Å². The molecule has 0 N–H and O–H groups in total. The largest absolute Gasteiger partial charge is 0.238 e. The minimum absolute atomic E-state index is 0.0519. The van der Waals surface area contributed by atoms with Gasteiger partial charge in [-0.3, -0.25) is 0 Å². The second kappa shape index (κ2) is 4.64. The highest BCUT2D eigenvalue weighted by Gasteiger charge is 2.24. The number of alkyl halides is 3. The summed E-state index contributed by atoms with van der Waals surface area (Å²) in [5.74, 6) is 0.868. The first kappa shape index (κ1) is 13.3. The predicted octanol–water partition coefficient (Wildman–Crippen LogP) is 4.19. The smallest absolute Gasteiger partial charge is 0.182 e. The van der Waals surface area contributed by atoms with Crippen molar-refractivity contribution in [1.29, 1.82) is 0 Å². The molecule has 14 heavy (non-hydrogen) atoms. The van der Waals surface area contributed by atoms with Gasteiger partial charge >= 0.3 is 0 Å². The van der Waals surface area contributed by atoms with Crippen LogP contribution < -0.4 is 0 Å². The maximum atomic E-state index is 4.38. The summed E-state index contributed by atoms with van der Waals surface area (Å²) in [6.07, 6.45) is 3.85. The van der Waals surface area contributed by atoms with Gasteiger partial charge in [0, 0.05) is 12.4 Å². The second-order valence-electron chi connectivity index (χ2n) is 4.04. The van der Waals surface area contributed by atoms with Crippen LogP contribution in [0.5, 0.6) is 0 Å². The first-order chi connectivity index (χ1) is 6.21. The Labute approximate surface area is 125 Å². The van der Waals surface area contributed by atoms with Crippen LogP contribution in [0, 0.1) is 0 Å². The summed E-state index contributed by atoms with van der Waals surface area (Å²) >= 11 is 6.97. The SMILES string of the molecule is CC(C)(C)c1cnc(C(I)(I)I)nc1. The molecule has 1 rings (SSSR count). The van der Waals surface area contributed by atoms with E-state index in [0.717, 1.165) is 5.82 Å². The van der Waals surface area contributed by atoms with Crippen molar-refractivity contribution in [2.24, 2.45) is 0 Å². The Balaban J connectivity index is 3.02. The zero-order chi connectivity index (χ0) is 11.0. The van der Waals surface area contributed by atoms with Crippen LogP contribution in [-0.4, -0.2) is 9.97 Å². The fraction of sp³-hybridized carbons (Fsp3) is 0.556. The molecule has 1 aromatic heterocycles. The van der Waals surface area contributed by atoms with Crippen molar-refractivity contribution in [2.45, 2.75) is 25.6 Å². The molecule has 0 saturated carbocycles. The third-order valence-electron chi connectivity index (χ3n) is 1.77. The molecule has 0 unspecified atom stereocenters. The molecule has 0 fully saturated rings. The maximum Gasteiger partial charge on any atom is 0.182 e. The van der Waals surface area contributed by atoms with Gasteiger partial charge in [0.1, 0.15) is 0 Å². The molecule has 2 nitrogen and oxygen atoms in total. The van der Waals surface area contributed by atoms with Gasteiger partial charge in [-0.15, -0.1) is 0 Å². The van der Waals surface area contributed by atoms with Crippen molar-refractivity contribution in [3.63, 3.8) is 0 Å². The lowest BCUT2D eigenvalue weighted by molar-refractivity contribution is 0.583. The highest BCUT2D eigenvalue weighted by molar-refractivity contribution is 14.3. The van der Waals surface area contributed by atoms with Crippen molar-refractivity contribution in [3.05, 3.63) is 23.8 Å². The van der Waals surface area contributed by atoms with Gasteiger partial charge < -0.3 is 0 Å². The lowest BCUT2D eigenvalue weighted by Gasteiger charge is -2.19. The summed E-state index contributed by atoms with van der Waals surface area (Å²) in [7, 11) is 0. The lowest BCUT2D eigenvalue weighted by Crippen LogP contribution is -2.14. The van der Waals surface area contributed by atoms with Crippen LogP contribution >= 0.6 is 67.8 Å². The van der Waals surface area contributed by atoms with E-state index in [0.29, 0.717) is 0 Å². The van der Waals surface area contributed by atoms with E-state index in [1.165, 1.54) is 5.56 Å². The minimum Gasteiger partial charge on any atom is -0.238 e. The van der Waals surface area contributed by atoms with Crippen LogP contribution in [0.2, 0.25) is 0 Å². The number of nitrogens with zero attached hydrogens (tertiary/aromatic N) is 2. The van der Waals surface area contributed by atoms with Gasteiger partial charge in [0.15, 0.2) is 5.26 Å². The van der Waals surface area contributed by atoms with E-state index < -0.39 is 0 Å². The molecule has 0 amide bonds. The maximum absolute atomic E-state index is 4.38. The third kappa shape index (κ3) is 3.69.